The predicted octanol–water partition coefficient (Wildman–Crippen LogP) is 4.39. The van der Waals surface area contributed by atoms with Gasteiger partial charge >= 0.3 is 71.1 Å². The number of aliphatic hydroxyl groups is 2. The van der Waals surface area contributed by atoms with Crippen LogP contribution in [0, 0.1) is 83.1 Å². The van der Waals surface area contributed by atoms with Gasteiger partial charge in [0.2, 0.25) is 0 Å². The van der Waals surface area contributed by atoms with Gasteiger partial charge in [0, 0.05) is 90.3 Å². The Kier molecular flexibility index (Phi) is 41.0. The molecule has 21 heteroatoms. The van der Waals surface area contributed by atoms with Gasteiger partial charge in [0.1, 0.15) is 5.75 Å². The van der Waals surface area contributed by atoms with Gasteiger partial charge in [-0.2, -0.15) is 7.11 Å². The van der Waals surface area contributed by atoms with E-state index in [1.807, 2.05) is 74.7 Å². The van der Waals surface area contributed by atoms with Crippen LogP contribution in [0.25, 0.3) is 0 Å². The Balaban J connectivity index is -0.000000247. The van der Waals surface area contributed by atoms with Crippen molar-refractivity contribution in [3.8, 4) is 5.75 Å². The van der Waals surface area contributed by atoms with E-state index in [2.05, 4.69) is 36.0 Å². The number of hydrogen-bond donors (Lipinski definition) is 3. The molecule has 375 valence electrons. The van der Waals surface area contributed by atoms with E-state index in [1.54, 1.807) is 65.8 Å². The third-order valence-electron chi connectivity index (χ3n) is 9.32. The van der Waals surface area contributed by atoms with Crippen LogP contribution in [0.2, 0.25) is 20.1 Å². The van der Waals surface area contributed by atoms with Crippen LogP contribution in [0.1, 0.15) is 107 Å². The number of hydrogen-bond acceptors (Lipinski definition) is 13. The van der Waals surface area contributed by atoms with Crippen LogP contribution in [0.4, 0.5) is 0 Å². The Morgan fingerprint density at radius 1 is 0.549 bits per heavy atom. The van der Waals surface area contributed by atoms with Crippen molar-refractivity contribution < 1.29 is 100 Å². The summed E-state index contributed by atoms with van der Waals surface area (Å²) < 4.78 is 10.0. The second-order valence-corrected chi connectivity index (χ2v) is 16.3. The summed E-state index contributed by atoms with van der Waals surface area (Å²) >= 11 is 23.6. The molecular formula is C50H64BCl4N6Na2O8. The fourth-order valence-corrected chi connectivity index (χ4v) is 6.11. The Morgan fingerprint density at radius 2 is 0.901 bits per heavy atom. The van der Waals surface area contributed by atoms with Crippen molar-refractivity contribution in [3.63, 3.8) is 0 Å². The maximum atomic E-state index is 11.4. The second-order valence-electron chi connectivity index (χ2n) is 14.8. The molecule has 6 rings (SSSR count). The summed E-state index contributed by atoms with van der Waals surface area (Å²) in [5, 5.41) is 37.2. The Bertz CT molecular complexity index is 2550. The molecule has 0 saturated heterocycles. The van der Waals surface area contributed by atoms with Gasteiger partial charge in [0.05, 0.1) is 48.4 Å². The number of aliphatic hydroxyl groups excluding tert-OH is 2. The van der Waals surface area contributed by atoms with Crippen LogP contribution < -0.4 is 69.0 Å². The molecule has 0 fully saturated rings. The van der Waals surface area contributed by atoms with Crippen molar-refractivity contribution in [1.82, 2.24) is 29.9 Å². The van der Waals surface area contributed by atoms with Crippen LogP contribution in [-0.2, 0) is 18.0 Å². The topological polar surface area (TPSA) is 214 Å². The number of carbonyl (C=O) groups excluding carboxylic acids is 1. The molecule has 6 aromatic rings. The van der Waals surface area contributed by atoms with E-state index < -0.39 is 11.9 Å². The third kappa shape index (κ3) is 25.0. The summed E-state index contributed by atoms with van der Waals surface area (Å²) in [5.74, 6) is -0.657. The maximum Gasteiger partial charge on any atom is 1.00 e. The first-order valence-electron chi connectivity index (χ1n) is 20.8. The van der Waals surface area contributed by atoms with Gasteiger partial charge in [0.15, 0.2) is 11.4 Å². The molecule has 0 aliphatic heterocycles. The minimum atomic E-state index is -1.05. The minimum absolute atomic E-state index is 0. The van der Waals surface area contributed by atoms with E-state index in [4.69, 9.17) is 76.3 Å². The number of aromatic nitrogens is 6. The molecule has 0 saturated carbocycles. The number of carbonyl (C=O) groups is 2. The van der Waals surface area contributed by atoms with Gasteiger partial charge in [-0.05, 0) is 135 Å². The van der Waals surface area contributed by atoms with Crippen molar-refractivity contribution >= 4 is 66.8 Å². The number of esters is 1. The zero-order valence-electron chi connectivity index (χ0n) is 45.0. The van der Waals surface area contributed by atoms with E-state index in [0.717, 1.165) is 62.4 Å². The fourth-order valence-electron chi connectivity index (χ4n) is 5.58. The quantitative estimate of drug-likeness (QED) is 0.156. The molecular weight excluding hydrogens is 1010 g/mol. The Hall–Kier alpha value is -3.26. The van der Waals surface area contributed by atoms with Gasteiger partial charge < -0.3 is 31.3 Å². The number of aryl methyl sites for hydroxylation is 8. The molecule has 0 unspecified atom stereocenters. The molecule has 6 heterocycles. The maximum absolute atomic E-state index is 11.4. The molecule has 0 spiro atoms. The third-order valence-corrected chi connectivity index (χ3v) is 11.7. The number of pyridine rings is 6. The van der Waals surface area contributed by atoms with Crippen LogP contribution in [-0.4, -0.2) is 86.4 Å². The van der Waals surface area contributed by atoms with Gasteiger partial charge in [0.25, 0.3) is 0 Å². The van der Waals surface area contributed by atoms with Crippen molar-refractivity contribution in [3.05, 3.63) is 165 Å². The number of methoxy groups -OCH3 is 1. The number of ether oxygens (including phenoxy) is 2. The zero-order valence-corrected chi connectivity index (χ0v) is 51.0. The number of carboxylic acid groups (broad SMARTS) is 1. The average Bonchev–Trinajstić information content (AvgIpc) is 3.30. The SMILES string of the molecule is CCOC(=O)c1ncc(C)c(Cl)c1C.COc1c(C)cnc(CO)c1C.C[O-].Cc1cnc(C(=O)O)c(C)c1Cl.Cc1cnc(CO)c(C)c1Cl.Cc1cncc(C)c1.Cc1cncc(C)c1Cl.[B].[H-].[Na+].[Na+]. The smallest absolute Gasteiger partial charge is 1.00 e. The fraction of sp³-hybridized carbons (Fsp3) is 0.360. The van der Waals surface area contributed by atoms with E-state index >= 15 is 0 Å². The van der Waals surface area contributed by atoms with E-state index in [-0.39, 0.29) is 87.9 Å². The molecule has 3 N–H and O–H groups in total. The summed E-state index contributed by atoms with van der Waals surface area (Å²) in [6.45, 7) is 24.6. The second kappa shape index (κ2) is 39.2. The van der Waals surface area contributed by atoms with Crippen LogP contribution >= 0.6 is 46.4 Å². The number of aromatic carboxylic acids is 1. The van der Waals surface area contributed by atoms with Crippen molar-refractivity contribution in [1.29, 1.82) is 0 Å². The summed E-state index contributed by atoms with van der Waals surface area (Å²) in [5.41, 5.74) is 12.7. The molecule has 0 amide bonds. The zero-order chi connectivity index (χ0) is 52.4. The van der Waals surface area contributed by atoms with Gasteiger partial charge in [-0.15, -0.1) is 0 Å². The van der Waals surface area contributed by atoms with Gasteiger partial charge in [-0.3, -0.25) is 19.9 Å². The first-order chi connectivity index (χ1) is 32.0. The Labute approximate surface area is 487 Å². The van der Waals surface area contributed by atoms with E-state index in [1.165, 1.54) is 17.3 Å². The van der Waals surface area contributed by atoms with Crippen LogP contribution in [0.3, 0.4) is 0 Å². The largest absolute Gasteiger partial charge is 1.00 e. The molecule has 0 bridgehead atoms. The minimum Gasteiger partial charge on any atom is -1.00 e. The molecule has 6 aromatic heterocycles. The van der Waals surface area contributed by atoms with Crippen LogP contribution in [0.15, 0.2) is 55.6 Å². The number of rotatable bonds is 6. The average molecular weight is 1080 g/mol. The van der Waals surface area contributed by atoms with Gasteiger partial charge in [-0.1, -0.05) is 52.5 Å². The molecule has 0 atom stereocenters. The number of carboxylic acids is 1. The van der Waals surface area contributed by atoms with E-state index in [9.17, 15) is 9.59 Å². The van der Waals surface area contributed by atoms with Gasteiger partial charge in [-0.25, -0.2) is 19.6 Å². The predicted molar refractivity (Wildman–Crippen MR) is 276 cm³/mol. The van der Waals surface area contributed by atoms with Crippen molar-refractivity contribution in [2.45, 2.75) is 103 Å². The standard InChI is InChI=1S/C10H12ClNO2.C9H13NO2.C8H8ClNO2.C8H10ClNO.C7H8ClN.C7H9N.CH3O.B.2Na.H/c1-4-14-10(13)9-7(3)8(11)6(2)5-12-9;1-6-4-10-8(5-11)7(2)9(6)12-3;1-4-3-10-7(8(11)12)5(2)6(4)9;1-5-3-10-7(4-11)6(2)8(5)9;1-5-3-9-4-6(2)7(5)8;1-6-3-7(2)5-8-4-6;1-2;;;;/h5H,4H2,1-3H3;4,11H,5H2,1-3H3;3H,1-2H3,(H,11,12);3,11H,4H2,1-2H3;3-4H,1-2H3;3-5H,1-2H3;1H3;;;;/q;;;;;;-1;;2*+1;-1. The monoisotopic (exact) mass is 1070 g/mol. The summed E-state index contributed by atoms with van der Waals surface area (Å²) in [4.78, 5) is 45.7. The Morgan fingerprint density at radius 3 is 1.27 bits per heavy atom. The number of halogens is 4. The molecule has 0 aromatic carbocycles. The first-order valence-corrected chi connectivity index (χ1v) is 22.3. The normalized spacial score (nSPS) is 9.27. The molecule has 0 aliphatic rings. The summed E-state index contributed by atoms with van der Waals surface area (Å²) in [6.07, 6.45) is 13.6. The summed E-state index contributed by atoms with van der Waals surface area (Å²) in [7, 11) is 2.37. The molecule has 71 heavy (non-hydrogen) atoms. The number of nitrogens with zero attached hydrogens (tertiary/aromatic N) is 6. The summed E-state index contributed by atoms with van der Waals surface area (Å²) in [6, 6.07) is 2.10. The van der Waals surface area contributed by atoms with E-state index in [0.29, 0.717) is 49.9 Å². The van der Waals surface area contributed by atoms with Crippen molar-refractivity contribution in [2.24, 2.45) is 0 Å². The van der Waals surface area contributed by atoms with Crippen LogP contribution in [0.5, 0.6) is 5.75 Å². The molecule has 3 radical (unpaired) electrons. The first kappa shape index (κ1) is 74.3. The molecule has 0 aliphatic carbocycles. The van der Waals surface area contributed by atoms with Crippen molar-refractivity contribution in [2.75, 3.05) is 20.8 Å². The molecule has 14 nitrogen and oxygen atoms in total.